The van der Waals surface area contributed by atoms with Crippen LogP contribution in [0, 0.1) is 19.8 Å². The lowest BCUT2D eigenvalue weighted by Gasteiger charge is -2.50. The van der Waals surface area contributed by atoms with Gasteiger partial charge in [0.2, 0.25) is 0 Å². The number of rotatable bonds is 7. The molecule has 3 aliphatic rings. The fourth-order valence-electron chi connectivity index (χ4n) is 4.62. The van der Waals surface area contributed by atoms with Crippen molar-refractivity contribution in [3.05, 3.63) is 40.6 Å². The second kappa shape index (κ2) is 9.31. The van der Waals surface area contributed by atoms with Crippen LogP contribution in [0.15, 0.2) is 24.0 Å². The van der Waals surface area contributed by atoms with E-state index in [0.29, 0.717) is 31.7 Å². The van der Waals surface area contributed by atoms with Gasteiger partial charge in [-0.05, 0) is 50.7 Å². The van der Waals surface area contributed by atoms with Crippen LogP contribution in [0.25, 0.3) is 5.57 Å². The van der Waals surface area contributed by atoms with Crippen molar-refractivity contribution in [2.75, 3.05) is 34.1 Å². The van der Waals surface area contributed by atoms with Crippen molar-refractivity contribution in [2.24, 2.45) is 5.92 Å². The number of ether oxygens (including phenoxy) is 2. The molecule has 0 N–H and O–H groups in total. The van der Waals surface area contributed by atoms with E-state index in [9.17, 15) is 9.59 Å². The van der Waals surface area contributed by atoms with E-state index in [-0.39, 0.29) is 31.0 Å². The van der Waals surface area contributed by atoms with Crippen LogP contribution in [0.5, 0.6) is 0 Å². The van der Waals surface area contributed by atoms with Crippen molar-refractivity contribution in [1.29, 1.82) is 0 Å². The first kappa shape index (κ1) is 22.9. The summed E-state index contributed by atoms with van der Waals surface area (Å²) in [5.74, 6) is 0.0754. The number of nitrogens with zero attached hydrogens (tertiary/aromatic N) is 2. The zero-order valence-corrected chi connectivity index (χ0v) is 19.3. The number of aryl methyl sites for hydroxylation is 2. The maximum absolute atomic E-state index is 13.4. The number of carbonyl (C=O) groups excluding carboxylic acids is 2. The summed E-state index contributed by atoms with van der Waals surface area (Å²) in [4.78, 5) is 37.5. The Morgan fingerprint density at radius 1 is 1.16 bits per heavy atom. The number of carbonyl (C=O) groups is 2. The highest BCUT2D eigenvalue weighted by atomic mass is 16.8. The molecule has 1 saturated heterocycles. The molecule has 1 aromatic rings. The van der Waals surface area contributed by atoms with Crippen LogP contribution in [-0.2, 0) is 28.7 Å². The Bertz CT molecular complexity index is 915. The van der Waals surface area contributed by atoms with Gasteiger partial charge < -0.3 is 14.3 Å². The zero-order valence-electron chi connectivity index (χ0n) is 19.3. The fourth-order valence-corrected chi connectivity index (χ4v) is 4.62. The van der Waals surface area contributed by atoms with E-state index < -0.39 is 5.54 Å². The number of benzene rings is 1. The summed E-state index contributed by atoms with van der Waals surface area (Å²) in [5, 5.41) is 3.24. The average molecular weight is 445 g/mol. The highest BCUT2D eigenvalue weighted by molar-refractivity contribution is 5.94. The lowest BCUT2D eigenvalue weighted by atomic mass is 9.78. The third-order valence-electron chi connectivity index (χ3n) is 6.58. The van der Waals surface area contributed by atoms with Crippen molar-refractivity contribution < 1.29 is 28.7 Å². The maximum Gasteiger partial charge on any atom is 0.314 e. The molecule has 0 bridgehead atoms. The smallest absolute Gasteiger partial charge is 0.314 e. The van der Waals surface area contributed by atoms with Gasteiger partial charge in [0.15, 0.2) is 6.79 Å². The molecular formula is C24H32N2O6. The zero-order chi connectivity index (χ0) is 22.9. The van der Waals surface area contributed by atoms with E-state index in [2.05, 4.69) is 6.07 Å². The molecule has 0 atom stereocenters. The SMILES string of the molecule is COCON1C(=O)CC(c2cc(C)ccc2C)=C(OC(=O)C2CC2)C12CCN(OC)CC2. The quantitative estimate of drug-likeness (QED) is 0.472. The predicted octanol–water partition coefficient (Wildman–Crippen LogP) is 3.13. The highest BCUT2D eigenvalue weighted by Crippen LogP contribution is 2.47. The minimum atomic E-state index is -0.904. The molecule has 2 heterocycles. The number of hydroxylamine groups is 4. The summed E-state index contributed by atoms with van der Waals surface area (Å²) in [6.45, 7) is 5.11. The number of hydrogen-bond acceptors (Lipinski definition) is 7. The van der Waals surface area contributed by atoms with Gasteiger partial charge in [-0.15, -0.1) is 0 Å². The molecule has 0 unspecified atom stereocenters. The Kier molecular flexibility index (Phi) is 6.67. The third kappa shape index (κ3) is 4.32. The maximum atomic E-state index is 13.4. The van der Waals surface area contributed by atoms with Gasteiger partial charge in [0.25, 0.3) is 5.91 Å². The monoisotopic (exact) mass is 444 g/mol. The fraction of sp³-hybridized carbons (Fsp3) is 0.583. The van der Waals surface area contributed by atoms with Crippen LogP contribution in [0.2, 0.25) is 0 Å². The molecule has 174 valence electrons. The summed E-state index contributed by atoms with van der Waals surface area (Å²) >= 11 is 0. The van der Waals surface area contributed by atoms with Crippen LogP contribution in [0.3, 0.4) is 0 Å². The number of hydrogen-bond donors (Lipinski definition) is 0. The van der Waals surface area contributed by atoms with Crippen LogP contribution < -0.4 is 0 Å². The Labute approximate surface area is 188 Å². The molecule has 8 heteroatoms. The topological polar surface area (TPSA) is 77.5 Å². The molecular weight excluding hydrogens is 412 g/mol. The lowest BCUT2D eigenvalue weighted by molar-refractivity contribution is -0.270. The lowest BCUT2D eigenvalue weighted by Crippen LogP contribution is -2.61. The number of esters is 1. The molecule has 1 saturated carbocycles. The van der Waals surface area contributed by atoms with E-state index in [1.807, 2.05) is 31.0 Å². The Hall–Kier alpha value is -2.26. The third-order valence-corrected chi connectivity index (χ3v) is 6.58. The second-order valence-electron chi connectivity index (χ2n) is 8.87. The van der Waals surface area contributed by atoms with Crippen molar-refractivity contribution in [3.63, 3.8) is 0 Å². The van der Waals surface area contributed by atoms with E-state index >= 15 is 0 Å². The van der Waals surface area contributed by atoms with Crippen LogP contribution in [0.1, 0.15) is 48.8 Å². The van der Waals surface area contributed by atoms with E-state index in [1.165, 1.54) is 12.2 Å². The summed E-state index contributed by atoms with van der Waals surface area (Å²) in [7, 11) is 3.15. The average Bonchev–Trinajstić information content (AvgIpc) is 3.63. The van der Waals surface area contributed by atoms with Crippen molar-refractivity contribution in [3.8, 4) is 0 Å². The van der Waals surface area contributed by atoms with Crippen LogP contribution in [-0.4, -0.2) is 61.6 Å². The van der Waals surface area contributed by atoms with E-state index in [4.69, 9.17) is 19.1 Å². The van der Waals surface area contributed by atoms with Gasteiger partial charge >= 0.3 is 5.97 Å². The van der Waals surface area contributed by atoms with Crippen molar-refractivity contribution >= 4 is 17.4 Å². The molecule has 0 aromatic heterocycles. The molecule has 2 fully saturated rings. The molecule has 1 amide bonds. The standard InChI is InChI=1S/C24H32N2O6/c1-16-5-6-17(2)19(13-16)20-14-21(27)26(31-15-29-3)24(9-11-25(30-4)12-10-24)22(20)32-23(28)18-7-8-18/h5-6,13,18H,7-12,14-15H2,1-4H3. The van der Waals surface area contributed by atoms with Gasteiger partial charge in [0.05, 0.1) is 19.4 Å². The number of piperidine rings is 1. The highest BCUT2D eigenvalue weighted by Gasteiger charge is 2.54. The number of amides is 1. The number of methoxy groups -OCH3 is 1. The van der Waals surface area contributed by atoms with Crippen LogP contribution in [0.4, 0.5) is 0 Å². The van der Waals surface area contributed by atoms with E-state index in [1.54, 1.807) is 7.11 Å². The van der Waals surface area contributed by atoms with Gasteiger partial charge in [-0.2, -0.15) is 5.06 Å². The van der Waals surface area contributed by atoms with Gasteiger partial charge in [0.1, 0.15) is 11.3 Å². The molecule has 2 aliphatic heterocycles. The summed E-state index contributed by atoms with van der Waals surface area (Å²) in [6.07, 6.45) is 2.81. The van der Waals surface area contributed by atoms with Gasteiger partial charge in [-0.1, -0.05) is 23.8 Å². The summed E-state index contributed by atoms with van der Waals surface area (Å²) in [6, 6.07) is 6.14. The molecule has 0 radical (unpaired) electrons. The van der Waals surface area contributed by atoms with Crippen molar-refractivity contribution in [1.82, 2.24) is 10.1 Å². The summed E-state index contributed by atoms with van der Waals surface area (Å²) in [5.41, 5.74) is 2.93. The minimum Gasteiger partial charge on any atom is -0.428 e. The molecule has 1 spiro atoms. The summed E-state index contributed by atoms with van der Waals surface area (Å²) < 4.78 is 11.3. The van der Waals surface area contributed by atoms with Crippen molar-refractivity contribution in [2.45, 2.75) is 51.5 Å². The second-order valence-corrected chi connectivity index (χ2v) is 8.87. The largest absolute Gasteiger partial charge is 0.428 e. The molecule has 1 aromatic carbocycles. The first-order valence-corrected chi connectivity index (χ1v) is 11.2. The van der Waals surface area contributed by atoms with E-state index in [0.717, 1.165) is 35.1 Å². The first-order valence-electron chi connectivity index (χ1n) is 11.2. The molecule has 4 rings (SSSR count). The molecule has 32 heavy (non-hydrogen) atoms. The Morgan fingerprint density at radius 2 is 1.88 bits per heavy atom. The molecule has 1 aliphatic carbocycles. The van der Waals surface area contributed by atoms with Gasteiger partial charge in [-0.3, -0.25) is 9.59 Å². The predicted molar refractivity (Wildman–Crippen MR) is 117 cm³/mol. The van der Waals surface area contributed by atoms with Gasteiger partial charge in [0, 0.05) is 25.8 Å². The Balaban J connectivity index is 1.86. The van der Waals surface area contributed by atoms with Gasteiger partial charge in [-0.25, -0.2) is 9.90 Å². The van der Waals surface area contributed by atoms with Crippen LogP contribution >= 0.6 is 0 Å². The normalized spacial score (nSPS) is 21.4. The first-order chi connectivity index (χ1) is 15.4. The molecule has 8 nitrogen and oxygen atoms in total. The minimum absolute atomic E-state index is 0.0653. The Morgan fingerprint density at radius 3 is 2.50 bits per heavy atom.